The molecule has 0 spiro atoms. The highest BCUT2D eigenvalue weighted by Gasteiger charge is 2.21. The van der Waals surface area contributed by atoms with Crippen molar-refractivity contribution in [2.75, 3.05) is 0 Å². The molecule has 176 valence electrons. The molecule has 0 amide bonds. The number of nitrogens with zero attached hydrogens (tertiary/aromatic N) is 2. The molecule has 2 nitrogen and oxygen atoms in total. The average Bonchev–Trinajstić information content (AvgIpc) is 3.09. The molecule has 7 rings (SSSR count). The Morgan fingerprint density at radius 1 is 0.595 bits per heavy atom. The van der Waals surface area contributed by atoms with Crippen LogP contribution in [-0.4, -0.2) is 9.38 Å². The quantitative estimate of drug-likeness (QED) is 0.235. The number of hydrogen-bond acceptors (Lipinski definition) is 1. The van der Waals surface area contributed by atoms with Crippen LogP contribution in [0.2, 0.25) is 0 Å². The van der Waals surface area contributed by atoms with Crippen LogP contribution in [0, 0.1) is 0 Å². The lowest BCUT2D eigenvalue weighted by Gasteiger charge is -2.19. The van der Waals surface area contributed by atoms with Crippen LogP contribution in [0.15, 0.2) is 128 Å². The Labute approximate surface area is 218 Å². The molecule has 0 radical (unpaired) electrons. The van der Waals surface area contributed by atoms with Gasteiger partial charge in [0.15, 0.2) is 0 Å². The number of aromatic nitrogens is 2. The molecule has 0 bridgehead atoms. The van der Waals surface area contributed by atoms with Crippen molar-refractivity contribution in [3.63, 3.8) is 0 Å². The summed E-state index contributed by atoms with van der Waals surface area (Å²) in [6.45, 7) is 0. The SMILES string of the molecule is C1=Cc2c(-c3ccc(P(c4ccccc4)c4ccccc4)cc3)c3cnc4ccccc4n3c2C=CC1. The third kappa shape index (κ3) is 3.82. The minimum atomic E-state index is -0.630. The van der Waals surface area contributed by atoms with Crippen molar-refractivity contribution in [3.05, 3.63) is 139 Å². The molecule has 2 heterocycles. The van der Waals surface area contributed by atoms with E-state index in [2.05, 4.69) is 138 Å². The first-order valence-electron chi connectivity index (χ1n) is 12.6. The van der Waals surface area contributed by atoms with E-state index in [0.29, 0.717) is 0 Å². The average molecular weight is 493 g/mol. The molecule has 1 aliphatic rings. The molecule has 1 aliphatic carbocycles. The fraction of sp³-hybridized carbons (Fsp3) is 0.0294. The minimum Gasteiger partial charge on any atom is -0.306 e. The molecular formula is C34H25N2P. The lowest BCUT2D eigenvalue weighted by Crippen LogP contribution is -2.20. The third-order valence-corrected chi connectivity index (χ3v) is 9.45. The summed E-state index contributed by atoms with van der Waals surface area (Å²) < 4.78 is 2.37. The van der Waals surface area contributed by atoms with E-state index in [9.17, 15) is 0 Å². The lowest BCUT2D eigenvalue weighted by atomic mass is 10.0. The van der Waals surface area contributed by atoms with Crippen LogP contribution in [0.3, 0.4) is 0 Å². The smallest absolute Gasteiger partial charge is 0.0871 e. The molecule has 2 aromatic heterocycles. The summed E-state index contributed by atoms with van der Waals surface area (Å²) in [5.41, 5.74) is 8.22. The zero-order chi connectivity index (χ0) is 24.6. The van der Waals surface area contributed by atoms with E-state index >= 15 is 0 Å². The van der Waals surface area contributed by atoms with E-state index in [1.165, 1.54) is 38.3 Å². The maximum atomic E-state index is 4.82. The summed E-state index contributed by atoms with van der Waals surface area (Å²) in [6, 6.07) is 39.4. The van der Waals surface area contributed by atoms with Gasteiger partial charge in [-0.3, -0.25) is 4.98 Å². The van der Waals surface area contributed by atoms with Gasteiger partial charge >= 0.3 is 0 Å². The van der Waals surface area contributed by atoms with Gasteiger partial charge in [0.1, 0.15) is 0 Å². The normalized spacial score (nSPS) is 12.8. The fourth-order valence-corrected chi connectivity index (χ4v) is 7.64. The van der Waals surface area contributed by atoms with Crippen molar-refractivity contribution in [1.82, 2.24) is 9.38 Å². The third-order valence-electron chi connectivity index (χ3n) is 7.01. The van der Waals surface area contributed by atoms with Gasteiger partial charge in [0.2, 0.25) is 0 Å². The number of benzene rings is 4. The highest BCUT2D eigenvalue weighted by atomic mass is 31.1. The molecule has 6 aromatic rings. The topological polar surface area (TPSA) is 17.3 Å². The maximum absolute atomic E-state index is 4.82. The zero-order valence-corrected chi connectivity index (χ0v) is 21.2. The van der Waals surface area contributed by atoms with Crippen LogP contribution in [0.5, 0.6) is 0 Å². The Morgan fingerprint density at radius 2 is 1.22 bits per heavy atom. The molecule has 37 heavy (non-hydrogen) atoms. The Morgan fingerprint density at radius 3 is 1.95 bits per heavy atom. The van der Waals surface area contributed by atoms with Crippen molar-refractivity contribution >= 4 is 52.5 Å². The lowest BCUT2D eigenvalue weighted by molar-refractivity contribution is 1.20. The molecule has 0 atom stereocenters. The molecule has 0 aliphatic heterocycles. The predicted molar refractivity (Wildman–Crippen MR) is 160 cm³/mol. The molecule has 0 N–H and O–H groups in total. The van der Waals surface area contributed by atoms with Crippen molar-refractivity contribution in [1.29, 1.82) is 0 Å². The van der Waals surface area contributed by atoms with Crippen LogP contribution in [0.4, 0.5) is 0 Å². The second kappa shape index (κ2) is 9.32. The Balaban J connectivity index is 1.41. The highest BCUT2D eigenvalue weighted by Crippen LogP contribution is 2.39. The van der Waals surface area contributed by atoms with Crippen LogP contribution in [0.25, 0.3) is 39.8 Å². The zero-order valence-electron chi connectivity index (χ0n) is 20.3. The first-order valence-corrected chi connectivity index (χ1v) is 14.0. The number of allylic oxidation sites excluding steroid dienone is 2. The van der Waals surface area contributed by atoms with Gasteiger partial charge < -0.3 is 4.40 Å². The molecule has 0 saturated heterocycles. The van der Waals surface area contributed by atoms with E-state index in [1.807, 2.05) is 6.20 Å². The van der Waals surface area contributed by atoms with E-state index in [1.54, 1.807) is 0 Å². The molecule has 0 saturated carbocycles. The molecule has 3 heteroatoms. The predicted octanol–water partition coefficient (Wildman–Crippen LogP) is 7.34. The minimum absolute atomic E-state index is 0.630. The Bertz CT molecular complexity index is 1740. The number of rotatable bonds is 4. The van der Waals surface area contributed by atoms with Gasteiger partial charge in [-0.25, -0.2) is 0 Å². The van der Waals surface area contributed by atoms with Gasteiger partial charge in [0.05, 0.1) is 28.4 Å². The van der Waals surface area contributed by atoms with E-state index in [-0.39, 0.29) is 0 Å². The summed E-state index contributed by atoms with van der Waals surface area (Å²) in [5.74, 6) is 0. The van der Waals surface area contributed by atoms with E-state index < -0.39 is 7.92 Å². The van der Waals surface area contributed by atoms with Crippen LogP contribution in [0.1, 0.15) is 17.7 Å². The number of fused-ring (bicyclic) bond motifs is 5. The van der Waals surface area contributed by atoms with Crippen LogP contribution < -0.4 is 15.9 Å². The van der Waals surface area contributed by atoms with Gasteiger partial charge in [-0.15, -0.1) is 0 Å². The summed E-state index contributed by atoms with van der Waals surface area (Å²) in [7, 11) is -0.630. The standard InChI is InChI=1S/C34H25N2P/c1-4-12-26(13-5-1)37(27-14-6-2-7-15-27)28-22-20-25(21-23-28)34-29-16-8-3-9-18-31(29)36-32-19-11-10-17-30(32)35-24-33(34)36/h1-2,4-24H,3H2. The largest absolute Gasteiger partial charge is 0.306 e. The molecule has 4 aromatic carbocycles. The Kier molecular flexibility index (Phi) is 5.53. The highest BCUT2D eigenvalue weighted by molar-refractivity contribution is 7.79. The molecular weight excluding hydrogens is 467 g/mol. The maximum Gasteiger partial charge on any atom is 0.0871 e. The monoisotopic (exact) mass is 492 g/mol. The van der Waals surface area contributed by atoms with Crippen molar-refractivity contribution in [2.24, 2.45) is 0 Å². The fourth-order valence-electron chi connectivity index (χ4n) is 5.36. The second-order valence-corrected chi connectivity index (χ2v) is 11.5. The van der Waals surface area contributed by atoms with Crippen molar-refractivity contribution in [2.45, 2.75) is 6.42 Å². The van der Waals surface area contributed by atoms with Crippen LogP contribution >= 0.6 is 7.92 Å². The van der Waals surface area contributed by atoms with Gasteiger partial charge in [-0.1, -0.05) is 115 Å². The summed E-state index contributed by atoms with van der Waals surface area (Å²) in [6.07, 6.45) is 12.0. The second-order valence-electron chi connectivity index (χ2n) is 9.24. The van der Waals surface area contributed by atoms with Crippen LogP contribution in [-0.2, 0) is 0 Å². The number of para-hydroxylation sites is 2. The molecule has 0 fully saturated rings. The first kappa shape index (κ1) is 22.0. The molecule has 0 unspecified atom stereocenters. The van der Waals surface area contributed by atoms with Gasteiger partial charge in [0.25, 0.3) is 0 Å². The first-order chi connectivity index (χ1) is 18.4. The number of hydrogen-bond donors (Lipinski definition) is 0. The van der Waals surface area contributed by atoms with E-state index in [0.717, 1.165) is 23.0 Å². The summed E-state index contributed by atoms with van der Waals surface area (Å²) >= 11 is 0. The van der Waals surface area contributed by atoms with Crippen molar-refractivity contribution < 1.29 is 0 Å². The van der Waals surface area contributed by atoms with Gasteiger partial charge in [0, 0.05) is 11.1 Å². The van der Waals surface area contributed by atoms with Crippen molar-refractivity contribution in [3.8, 4) is 11.1 Å². The summed E-state index contributed by atoms with van der Waals surface area (Å²) in [5, 5.41) is 4.08. The van der Waals surface area contributed by atoms with Gasteiger partial charge in [-0.2, -0.15) is 0 Å². The Hall–Kier alpha value is -4.26. The van der Waals surface area contributed by atoms with E-state index in [4.69, 9.17) is 4.98 Å². The van der Waals surface area contributed by atoms with Gasteiger partial charge in [-0.05, 0) is 54.0 Å². The summed E-state index contributed by atoms with van der Waals surface area (Å²) in [4.78, 5) is 4.82.